The van der Waals surface area contributed by atoms with Gasteiger partial charge in [0.15, 0.2) is 0 Å². The van der Waals surface area contributed by atoms with Crippen molar-refractivity contribution < 1.29 is 9.53 Å². The molecule has 0 spiro atoms. The third-order valence-corrected chi connectivity index (χ3v) is 7.50. The van der Waals surface area contributed by atoms with E-state index in [1.165, 1.54) is 26.0 Å². The third-order valence-electron chi connectivity index (χ3n) is 4.57. The largest absolute Gasteiger partial charge is 0.429 e. The molecule has 5 nitrogen and oxygen atoms in total. The lowest BCUT2D eigenvalue weighted by molar-refractivity contribution is -0.120. The molecule has 0 atom stereocenters. The van der Waals surface area contributed by atoms with Crippen LogP contribution >= 0.6 is 34.0 Å². The fourth-order valence-corrected chi connectivity index (χ4v) is 5.64. The average Bonchev–Trinajstić information content (AvgIpc) is 3.55. The first-order valence-electron chi connectivity index (χ1n) is 9.34. The highest BCUT2D eigenvalue weighted by Crippen LogP contribution is 2.37. The molecule has 0 radical (unpaired) electrons. The van der Waals surface area contributed by atoms with Crippen LogP contribution in [0.4, 0.5) is 0 Å². The van der Waals surface area contributed by atoms with Crippen LogP contribution in [0.5, 0.6) is 5.75 Å². The Morgan fingerprint density at radius 3 is 2.55 bits per heavy atom. The molecule has 5 aromatic rings. The predicted molar refractivity (Wildman–Crippen MR) is 127 cm³/mol. The number of nitrogens with zero attached hydrogens (tertiary/aromatic N) is 3. The Kier molecular flexibility index (Phi) is 5.42. The van der Waals surface area contributed by atoms with Gasteiger partial charge in [0, 0.05) is 44.5 Å². The van der Waals surface area contributed by atoms with Crippen LogP contribution in [0.2, 0.25) is 0 Å². The molecular formula is C23H15N3O2S3. The Labute approximate surface area is 190 Å². The topological polar surface area (TPSA) is 65.0 Å². The van der Waals surface area contributed by atoms with Crippen molar-refractivity contribution in [2.75, 3.05) is 0 Å². The van der Waals surface area contributed by atoms with Crippen molar-refractivity contribution in [2.24, 2.45) is 0 Å². The van der Waals surface area contributed by atoms with Crippen molar-refractivity contribution >= 4 is 40.5 Å². The molecule has 8 heteroatoms. The monoisotopic (exact) mass is 461 g/mol. The SMILES string of the molecule is Cc1ccc(-c2cc(-c3ccnc(-c4cc(OC=O)cc(-c5nccs5)n4)c3)cs2)s1. The van der Waals surface area contributed by atoms with Crippen molar-refractivity contribution in [2.45, 2.75) is 6.92 Å². The summed E-state index contributed by atoms with van der Waals surface area (Å²) in [4.78, 5) is 28.3. The second kappa shape index (κ2) is 8.50. The van der Waals surface area contributed by atoms with Gasteiger partial charge in [-0.25, -0.2) is 9.97 Å². The van der Waals surface area contributed by atoms with E-state index in [-0.39, 0.29) is 0 Å². The first kappa shape index (κ1) is 19.7. The summed E-state index contributed by atoms with van der Waals surface area (Å²) in [6.07, 6.45) is 3.49. The first-order valence-corrected chi connectivity index (χ1v) is 11.9. The Hall–Kier alpha value is -3.20. The quantitative estimate of drug-likeness (QED) is 0.268. The number of carbonyl (C=O) groups is 1. The van der Waals surface area contributed by atoms with Gasteiger partial charge in [-0.05, 0) is 53.8 Å². The lowest BCUT2D eigenvalue weighted by Crippen LogP contribution is -1.95. The number of pyridine rings is 2. The highest BCUT2D eigenvalue weighted by molar-refractivity contribution is 7.21. The molecule has 0 fully saturated rings. The van der Waals surface area contributed by atoms with E-state index in [0.717, 1.165) is 16.1 Å². The summed E-state index contributed by atoms with van der Waals surface area (Å²) < 4.78 is 5.11. The molecule has 0 N–H and O–H groups in total. The van der Waals surface area contributed by atoms with Gasteiger partial charge >= 0.3 is 0 Å². The number of aromatic nitrogens is 3. The molecular weight excluding hydrogens is 446 g/mol. The summed E-state index contributed by atoms with van der Waals surface area (Å²) >= 11 is 5.00. The molecule has 0 aromatic carbocycles. The molecule has 0 amide bonds. The number of hydrogen-bond donors (Lipinski definition) is 0. The number of rotatable bonds is 6. The van der Waals surface area contributed by atoms with Crippen LogP contribution in [0, 0.1) is 6.92 Å². The van der Waals surface area contributed by atoms with Crippen LogP contribution in [0.25, 0.3) is 43.0 Å². The van der Waals surface area contributed by atoms with Gasteiger partial charge in [-0.2, -0.15) is 0 Å². The number of aryl methyl sites for hydroxylation is 1. The van der Waals surface area contributed by atoms with Gasteiger partial charge in [0.05, 0.1) is 11.4 Å². The predicted octanol–water partition coefficient (Wildman–Crippen LogP) is 6.57. The number of hydrogen-bond acceptors (Lipinski definition) is 8. The van der Waals surface area contributed by atoms with Gasteiger partial charge in [0.2, 0.25) is 0 Å². The first-order chi connectivity index (χ1) is 15.2. The maximum atomic E-state index is 10.9. The zero-order valence-electron chi connectivity index (χ0n) is 16.3. The normalized spacial score (nSPS) is 10.9. The minimum Gasteiger partial charge on any atom is -0.429 e. The summed E-state index contributed by atoms with van der Waals surface area (Å²) in [6, 6.07) is 13.9. The molecule has 0 aliphatic rings. The number of thiophene rings is 2. The van der Waals surface area contributed by atoms with E-state index in [1.54, 1.807) is 47.2 Å². The van der Waals surface area contributed by atoms with Crippen molar-refractivity contribution in [3.05, 3.63) is 70.5 Å². The number of carbonyl (C=O) groups excluding carboxylic acids is 1. The molecule has 5 aromatic heterocycles. The second-order valence-corrected chi connectivity index (χ2v) is 9.76. The highest BCUT2D eigenvalue weighted by atomic mass is 32.1. The molecule has 0 bridgehead atoms. The summed E-state index contributed by atoms with van der Waals surface area (Å²) in [6.45, 7) is 2.53. The van der Waals surface area contributed by atoms with E-state index in [1.807, 2.05) is 17.5 Å². The van der Waals surface area contributed by atoms with Crippen LogP contribution in [-0.2, 0) is 4.79 Å². The zero-order chi connectivity index (χ0) is 21.2. The van der Waals surface area contributed by atoms with Gasteiger partial charge in [-0.3, -0.25) is 9.78 Å². The fraction of sp³-hybridized carbons (Fsp3) is 0.0435. The van der Waals surface area contributed by atoms with Crippen molar-refractivity contribution in [3.8, 4) is 48.7 Å². The molecule has 0 unspecified atom stereocenters. The molecule has 31 heavy (non-hydrogen) atoms. The average molecular weight is 462 g/mol. The molecule has 5 rings (SSSR count). The fourth-order valence-electron chi connectivity index (χ4n) is 3.15. The smallest absolute Gasteiger partial charge is 0.298 e. The minimum atomic E-state index is 0.406. The molecule has 0 saturated carbocycles. The number of ether oxygens (including phenoxy) is 1. The van der Waals surface area contributed by atoms with Gasteiger partial charge in [0.25, 0.3) is 6.47 Å². The van der Waals surface area contributed by atoms with Crippen molar-refractivity contribution in [3.63, 3.8) is 0 Å². The van der Waals surface area contributed by atoms with Crippen LogP contribution in [0.1, 0.15) is 4.88 Å². The lowest BCUT2D eigenvalue weighted by Gasteiger charge is -2.07. The van der Waals surface area contributed by atoms with E-state index < -0.39 is 0 Å². The zero-order valence-corrected chi connectivity index (χ0v) is 18.8. The van der Waals surface area contributed by atoms with E-state index >= 15 is 0 Å². The Morgan fingerprint density at radius 2 is 1.77 bits per heavy atom. The maximum Gasteiger partial charge on any atom is 0.298 e. The highest BCUT2D eigenvalue weighted by Gasteiger charge is 2.13. The summed E-state index contributed by atoms with van der Waals surface area (Å²) in [7, 11) is 0. The van der Waals surface area contributed by atoms with Crippen molar-refractivity contribution in [1.82, 2.24) is 15.0 Å². The minimum absolute atomic E-state index is 0.406. The van der Waals surface area contributed by atoms with Crippen LogP contribution in [0.3, 0.4) is 0 Å². The Balaban J connectivity index is 1.53. The van der Waals surface area contributed by atoms with E-state index in [9.17, 15) is 4.79 Å². The number of thiazole rings is 1. The molecule has 0 aliphatic heterocycles. The molecule has 0 aliphatic carbocycles. The van der Waals surface area contributed by atoms with Gasteiger partial charge in [-0.1, -0.05) is 0 Å². The van der Waals surface area contributed by atoms with Crippen molar-refractivity contribution in [1.29, 1.82) is 0 Å². The summed E-state index contributed by atoms with van der Waals surface area (Å²) in [5.74, 6) is 0.406. The van der Waals surface area contributed by atoms with E-state index in [4.69, 9.17) is 9.72 Å². The van der Waals surface area contributed by atoms with Crippen LogP contribution in [-0.4, -0.2) is 21.4 Å². The second-order valence-electron chi connectivity index (χ2n) is 6.66. The standard InChI is InChI=1S/C23H15N3O2S3/c1-14-2-3-21(31-14)22-9-16(12-30-22)15-4-5-24-18(8-15)19-10-17(28-13-27)11-20(26-19)23-25-6-7-29-23/h2-13H,1H3. The van der Waals surface area contributed by atoms with Gasteiger partial charge in [-0.15, -0.1) is 34.0 Å². The molecule has 0 saturated heterocycles. The summed E-state index contributed by atoms with van der Waals surface area (Å²) in [5, 5.41) is 4.79. The van der Waals surface area contributed by atoms with E-state index in [0.29, 0.717) is 29.3 Å². The van der Waals surface area contributed by atoms with Crippen LogP contribution < -0.4 is 4.74 Å². The summed E-state index contributed by atoms with van der Waals surface area (Å²) in [5.41, 5.74) is 4.15. The molecule has 5 heterocycles. The van der Waals surface area contributed by atoms with Gasteiger partial charge < -0.3 is 4.74 Å². The molecule has 152 valence electrons. The third kappa shape index (κ3) is 4.18. The lowest BCUT2D eigenvalue weighted by atomic mass is 10.1. The van der Waals surface area contributed by atoms with Gasteiger partial charge in [0.1, 0.15) is 16.5 Å². The van der Waals surface area contributed by atoms with E-state index in [2.05, 4.69) is 40.5 Å². The Bertz CT molecular complexity index is 1360. The maximum absolute atomic E-state index is 10.9. The van der Waals surface area contributed by atoms with Crippen LogP contribution in [0.15, 0.2) is 65.6 Å². The Morgan fingerprint density at radius 1 is 0.871 bits per heavy atom.